The van der Waals surface area contributed by atoms with Crippen molar-refractivity contribution in [2.45, 2.75) is 30.7 Å². The van der Waals surface area contributed by atoms with E-state index in [0.717, 1.165) is 0 Å². The highest BCUT2D eigenvalue weighted by atomic mass is 16.6. The van der Waals surface area contributed by atoms with Crippen molar-refractivity contribution in [3.05, 3.63) is 0 Å². The maximum Gasteiger partial charge on any atom is 0.142 e. The van der Waals surface area contributed by atoms with Gasteiger partial charge in [-0.1, -0.05) is 0 Å². The van der Waals surface area contributed by atoms with E-state index in [-0.39, 0.29) is 24.8 Å². The molecule has 1 N–H and O–H groups in total. The van der Waals surface area contributed by atoms with E-state index in [2.05, 4.69) is 0 Å². The molecule has 2 saturated heterocycles. The lowest BCUT2D eigenvalue weighted by Crippen LogP contribution is -2.49. The van der Waals surface area contributed by atoms with Gasteiger partial charge in [0.2, 0.25) is 0 Å². The Hall–Kier alpha value is -0.0951. The fraction of sp³-hybridized carbons (Fsp3) is 1.00. The topological polar surface area (TPSA) is 47.9 Å². The van der Waals surface area contributed by atoms with Gasteiger partial charge in [-0.05, 0) is 6.92 Å². The van der Waals surface area contributed by atoms with E-state index in [0.29, 0.717) is 13.2 Å². The summed E-state index contributed by atoms with van der Waals surface area (Å²) in [7, 11) is 1.95. The van der Waals surface area contributed by atoms with E-state index in [1.807, 2.05) is 14.8 Å². The van der Waals surface area contributed by atoms with Crippen molar-refractivity contribution < 1.29 is 19.3 Å². The molecule has 0 aromatic carbocycles. The van der Waals surface area contributed by atoms with Gasteiger partial charge in [-0.2, -0.15) is 0 Å². The number of fused-ring (bicyclic) bond motifs is 1. The predicted molar refractivity (Wildman–Crippen MR) is 48.4 cm³/mol. The zero-order valence-corrected chi connectivity index (χ0v) is 8.03. The molecule has 2 unspecified atom stereocenters. The first-order valence-corrected chi connectivity index (χ1v) is 4.69. The smallest absolute Gasteiger partial charge is 0.142 e. The van der Waals surface area contributed by atoms with Crippen LogP contribution in [0, 0.1) is 0 Å². The van der Waals surface area contributed by atoms with Crippen molar-refractivity contribution in [3.63, 3.8) is 0 Å². The van der Waals surface area contributed by atoms with Crippen LogP contribution in [0.15, 0.2) is 0 Å². The average molecular weight is 186 g/mol. The van der Waals surface area contributed by atoms with Gasteiger partial charge in [0.05, 0.1) is 25.8 Å². The number of aliphatic hydroxyl groups excluding tert-OH is 1. The number of aliphatic hydroxyl groups is 1. The third-order valence-corrected chi connectivity index (χ3v) is 2.82. The van der Waals surface area contributed by atoms with Gasteiger partial charge in [0.1, 0.15) is 25.7 Å². The number of ether oxygens (including phenoxy) is 3. The summed E-state index contributed by atoms with van der Waals surface area (Å²) in [5, 5.41) is 9.22. The second-order valence-corrected chi connectivity index (χ2v) is 3.92. The molecule has 2 aliphatic heterocycles. The van der Waals surface area contributed by atoms with Crippen LogP contribution in [0.25, 0.3) is 0 Å². The molecule has 2 aliphatic rings. The highest BCUT2D eigenvalue weighted by Crippen LogP contribution is 2.35. The molecule has 4 nitrogen and oxygen atoms in total. The number of rotatable bonds is 1. The summed E-state index contributed by atoms with van der Waals surface area (Å²) in [5.41, 5.74) is -0.593. The molecular formula is C8H15BO4. The molecule has 2 fully saturated rings. The fourth-order valence-corrected chi connectivity index (χ4v) is 2.13. The Balaban J connectivity index is 2.17. The second kappa shape index (κ2) is 3.24. The Kier molecular flexibility index (Phi) is 2.36. The molecular weight excluding hydrogens is 171 g/mol. The summed E-state index contributed by atoms with van der Waals surface area (Å²) < 4.78 is 16.8. The first-order valence-electron chi connectivity index (χ1n) is 4.69. The average Bonchev–Trinajstić information content (AvgIpc) is 2.42. The Morgan fingerprint density at radius 2 is 2.15 bits per heavy atom. The number of hydrogen-bond acceptors (Lipinski definition) is 4. The molecule has 2 rings (SSSR count). The maximum atomic E-state index is 9.22. The van der Waals surface area contributed by atoms with Crippen LogP contribution in [0.4, 0.5) is 0 Å². The lowest BCUT2D eigenvalue weighted by atomic mass is 9.89. The predicted octanol–water partition coefficient (Wildman–Crippen LogP) is -1.49. The minimum absolute atomic E-state index is 0.00227. The van der Waals surface area contributed by atoms with Gasteiger partial charge < -0.3 is 19.3 Å². The normalized spacial score (nSPS) is 50.5. The van der Waals surface area contributed by atoms with Crippen molar-refractivity contribution in [1.82, 2.24) is 0 Å². The summed E-state index contributed by atoms with van der Waals surface area (Å²) in [6.45, 7) is 3.05. The van der Waals surface area contributed by atoms with Gasteiger partial charge in [-0.25, -0.2) is 0 Å². The Labute approximate surface area is 78.6 Å². The van der Waals surface area contributed by atoms with Crippen LogP contribution in [-0.2, 0) is 14.2 Å². The van der Waals surface area contributed by atoms with Crippen LogP contribution in [-0.4, -0.2) is 56.6 Å². The van der Waals surface area contributed by atoms with Gasteiger partial charge in [0.25, 0.3) is 0 Å². The minimum atomic E-state index is -0.593. The van der Waals surface area contributed by atoms with Crippen LogP contribution in [0.2, 0.25) is 0 Å². The van der Waals surface area contributed by atoms with Gasteiger partial charge in [0.15, 0.2) is 0 Å². The van der Waals surface area contributed by atoms with Crippen molar-refractivity contribution in [1.29, 1.82) is 0 Å². The first-order chi connectivity index (χ1) is 6.17. The zero-order valence-electron chi connectivity index (χ0n) is 8.03. The van der Waals surface area contributed by atoms with Crippen molar-refractivity contribution >= 4 is 7.85 Å². The third-order valence-electron chi connectivity index (χ3n) is 2.82. The molecule has 0 saturated carbocycles. The van der Waals surface area contributed by atoms with Crippen LogP contribution in [0.5, 0.6) is 0 Å². The summed E-state index contributed by atoms with van der Waals surface area (Å²) >= 11 is 0. The van der Waals surface area contributed by atoms with Gasteiger partial charge in [-0.15, -0.1) is 0 Å². The zero-order chi connectivity index (χ0) is 9.47. The molecule has 0 spiro atoms. The number of hydrogen-bond donors (Lipinski definition) is 1. The summed E-state index contributed by atoms with van der Waals surface area (Å²) in [6, 6.07) is 0.00227. The lowest BCUT2D eigenvalue weighted by molar-refractivity contribution is -0.156. The molecule has 5 heteroatoms. The van der Waals surface area contributed by atoms with Gasteiger partial charge >= 0.3 is 0 Å². The molecule has 4 atom stereocenters. The highest BCUT2D eigenvalue weighted by Gasteiger charge is 2.52. The first kappa shape index (κ1) is 9.46. The molecule has 0 radical (unpaired) electrons. The third kappa shape index (κ3) is 1.40. The Morgan fingerprint density at radius 3 is 2.85 bits per heavy atom. The molecule has 0 amide bonds. The van der Waals surface area contributed by atoms with E-state index < -0.39 is 5.60 Å². The van der Waals surface area contributed by atoms with Crippen molar-refractivity contribution in [3.8, 4) is 0 Å². The highest BCUT2D eigenvalue weighted by molar-refractivity contribution is 6.11. The second-order valence-electron chi connectivity index (χ2n) is 3.92. The lowest BCUT2D eigenvalue weighted by Gasteiger charge is -2.33. The van der Waals surface area contributed by atoms with Crippen LogP contribution < -0.4 is 0 Å². The monoisotopic (exact) mass is 186 g/mol. The maximum absolute atomic E-state index is 9.22. The van der Waals surface area contributed by atoms with Crippen LogP contribution >= 0.6 is 0 Å². The van der Waals surface area contributed by atoms with Gasteiger partial charge in [0, 0.05) is 0 Å². The molecule has 0 aromatic rings. The molecule has 13 heavy (non-hydrogen) atoms. The van der Waals surface area contributed by atoms with Gasteiger partial charge in [-0.3, -0.25) is 0 Å². The van der Waals surface area contributed by atoms with Crippen LogP contribution in [0.3, 0.4) is 0 Å². The van der Waals surface area contributed by atoms with Crippen molar-refractivity contribution in [2.75, 3.05) is 19.8 Å². The van der Waals surface area contributed by atoms with E-state index in [9.17, 15) is 5.11 Å². The summed E-state index contributed by atoms with van der Waals surface area (Å²) in [4.78, 5) is 0. The Morgan fingerprint density at radius 1 is 1.46 bits per heavy atom. The fourth-order valence-electron chi connectivity index (χ4n) is 2.13. The summed E-state index contributed by atoms with van der Waals surface area (Å²) in [5.74, 6) is 0. The molecule has 0 aromatic heterocycles. The van der Waals surface area contributed by atoms with E-state index in [4.69, 9.17) is 14.2 Å². The van der Waals surface area contributed by atoms with Crippen LogP contribution in [0.1, 0.15) is 6.92 Å². The summed E-state index contributed by atoms with van der Waals surface area (Å²) in [6.07, 6.45) is -0.146. The van der Waals surface area contributed by atoms with E-state index in [1.54, 1.807) is 0 Å². The SMILES string of the molecule is B[C@@H]1O[C@](C)(CO)C2OCCOC21. The largest absolute Gasteiger partial charge is 0.393 e. The van der Waals surface area contributed by atoms with E-state index in [1.165, 1.54) is 0 Å². The molecule has 0 bridgehead atoms. The molecule has 74 valence electrons. The molecule has 2 heterocycles. The standard InChI is InChI=1S/C8H15BO4/c1-8(4-10)6-5(7(9)13-8)11-2-3-12-6/h5-7,10H,2-4,9H2,1H3/t5?,6?,7-,8-/m1/s1. The van der Waals surface area contributed by atoms with Crippen molar-refractivity contribution in [2.24, 2.45) is 0 Å². The minimum Gasteiger partial charge on any atom is -0.393 e. The Bertz CT molecular complexity index is 201. The molecule has 0 aliphatic carbocycles. The van der Waals surface area contributed by atoms with E-state index >= 15 is 0 Å². The quantitative estimate of drug-likeness (QED) is 0.507.